The number of rotatable bonds is 5. The predicted molar refractivity (Wildman–Crippen MR) is 112 cm³/mol. The van der Waals surface area contributed by atoms with Crippen LogP contribution in [-0.4, -0.2) is 37.0 Å². The van der Waals surface area contributed by atoms with E-state index in [2.05, 4.69) is 46.3 Å². The maximum atomic E-state index is 13.1. The summed E-state index contributed by atoms with van der Waals surface area (Å²) >= 11 is 0. The fraction of sp³-hybridized carbons (Fsp3) is 0.435. The zero-order chi connectivity index (χ0) is 20.3. The van der Waals surface area contributed by atoms with E-state index in [9.17, 15) is 9.18 Å². The highest BCUT2D eigenvalue weighted by atomic mass is 19.1. The summed E-state index contributed by atoms with van der Waals surface area (Å²) in [6.07, 6.45) is 0. The molecule has 0 saturated carbocycles. The van der Waals surface area contributed by atoms with Crippen LogP contribution in [0.1, 0.15) is 44.9 Å². The second-order valence-corrected chi connectivity index (χ2v) is 8.10. The number of hydrogen-bond donors (Lipinski definition) is 1. The lowest BCUT2D eigenvalue weighted by Crippen LogP contribution is -2.47. The first kappa shape index (κ1) is 20.3. The number of nitrogens with one attached hydrogen (secondary N) is 1. The number of halogens is 1. The summed E-state index contributed by atoms with van der Waals surface area (Å²) < 4.78 is 13.1. The van der Waals surface area contributed by atoms with E-state index in [1.165, 1.54) is 17.7 Å². The Bertz CT molecular complexity index is 794. The van der Waals surface area contributed by atoms with Gasteiger partial charge in [-0.05, 0) is 56.2 Å². The number of benzene rings is 2. The van der Waals surface area contributed by atoms with Crippen molar-refractivity contribution < 1.29 is 9.18 Å². The molecule has 1 saturated heterocycles. The summed E-state index contributed by atoms with van der Waals surface area (Å²) in [4.78, 5) is 16.2. The molecule has 1 unspecified atom stereocenters. The third-order valence-electron chi connectivity index (χ3n) is 5.66. The van der Waals surface area contributed by atoms with Gasteiger partial charge in [0.05, 0.1) is 5.54 Å². The molecule has 1 aliphatic rings. The van der Waals surface area contributed by atoms with Crippen molar-refractivity contribution in [3.63, 3.8) is 0 Å². The number of amides is 1. The first-order valence-electron chi connectivity index (χ1n) is 9.90. The van der Waals surface area contributed by atoms with Gasteiger partial charge in [-0.3, -0.25) is 9.69 Å². The molecule has 5 heteroatoms. The summed E-state index contributed by atoms with van der Waals surface area (Å²) in [7, 11) is 0. The van der Waals surface area contributed by atoms with Gasteiger partial charge in [-0.15, -0.1) is 0 Å². The molecule has 2 aromatic rings. The molecule has 0 spiro atoms. The van der Waals surface area contributed by atoms with Crippen molar-refractivity contribution in [1.82, 2.24) is 10.2 Å². The molecule has 1 heterocycles. The van der Waals surface area contributed by atoms with Crippen LogP contribution in [0.3, 0.4) is 0 Å². The van der Waals surface area contributed by atoms with E-state index in [0.717, 1.165) is 37.4 Å². The number of carbonyl (C=O) groups excluding carboxylic acids is 1. The van der Waals surface area contributed by atoms with Crippen LogP contribution in [0.2, 0.25) is 0 Å². The highest BCUT2D eigenvalue weighted by Crippen LogP contribution is 2.27. The van der Waals surface area contributed by atoms with Gasteiger partial charge in [0.15, 0.2) is 0 Å². The van der Waals surface area contributed by atoms with Gasteiger partial charge in [0, 0.05) is 44.8 Å². The van der Waals surface area contributed by atoms with Crippen molar-refractivity contribution in [2.24, 2.45) is 0 Å². The van der Waals surface area contributed by atoms with Gasteiger partial charge in [-0.25, -0.2) is 4.39 Å². The van der Waals surface area contributed by atoms with Crippen molar-refractivity contribution in [2.45, 2.75) is 39.3 Å². The predicted octanol–water partition coefficient (Wildman–Crippen LogP) is 4.08. The van der Waals surface area contributed by atoms with Gasteiger partial charge >= 0.3 is 0 Å². The molecule has 0 radical (unpaired) electrons. The minimum Gasteiger partial charge on any atom is -0.369 e. The van der Waals surface area contributed by atoms with Crippen LogP contribution < -0.4 is 10.2 Å². The molecule has 3 rings (SSSR count). The van der Waals surface area contributed by atoms with Crippen molar-refractivity contribution in [2.75, 3.05) is 31.1 Å². The average molecular weight is 384 g/mol. The SMILES string of the molecule is CC(=O)NC(C)(C)c1ccc(C(C)N2CCN(c3ccc(F)cc3)CC2)cc1. The van der Waals surface area contributed by atoms with Crippen LogP contribution in [-0.2, 0) is 10.3 Å². The van der Waals surface area contributed by atoms with Crippen LogP contribution in [0, 0.1) is 5.82 Å². The molecule has 150 valence electrons. The van der Waals surface area contributed by atoms with Crippen LogP contribution in [0.15, 0.2) is 48.5 Å². The molecule has 1 fully saturated rings. The minimum absolute atomic E-state index is 0.0264. The summed E-state index contributed by atoms with van der Waals surface area (Å²) in [6.45, 7) is 11.6. The lowest BCUT2D eigenvalue weighted by Gasteiger charge is -2.39. The molecule has 2 aromatic carbocycles. The number of nitrogens with zero attached hydrogens (tertiary/aromatic N) is 2. The quantitative estimate of drug-likeness (QED) is 0.845. The van der Waals surface area contributed by atoms with Gasteiger partial charge in [-0.2, -0.15) is 0 Å². The Morgan fingerprint density at radius 3 is 2.11 bits per heavy atom. The molecular formula is C23H30FN3O. The van der Waals surface area contributed by atoms with E-state index < -0.39 is 0 Å². The Balaban J connectivity index is 1.61. The first-order valence-corrected chi connectivity index (χ1v) is 9.90. The minimum atomic E-state index is -0.381. The second kappa shape index (κ2) is 8.31. The van der Waals surface area contributed by atoms with Crippen molar-refractivity contribution in [3.8, 4) is 0 Å². The third-order valence-corrected chi connectivity index (χ3v) is 5.66. The molecule has 0 aromatic heterocycles. The molecule has 0 aliphatic carbocycles. The molecule has 1 N–H and O–H groups in total. The summed E-state index contributed by atoms with van der Waals surface area (Å²) in [5.74, 6) is -0.220. The second-order valence-electron chi connectivity index (χ2n) is 8.10. The zero-order valence-electron chi connectivity index (χ0n) is 17.2. The number of anilines is 1. The summed E-state index contributed by atoms with van der Waals surface area (Å²) in [5.41, 5.74) is 3.07. The van der Waals surface area contributed by atoms with E-state index >= 15 is 0 Å². The molecular weight excluding hydrogens is 353 g/mol. The summed E-state index contributed by atoms with van der Waals surface area (Å²) in [5, 5.41) is 2.99. The van der Waals surface area contributed by atoms with Crippen LogP contribution in [0.5, 0.6) is 0 Å². The van der Waals surface area contributed by atoms with Gasteiger partial charge in [-0.1, -0.05) is 24.3 Å². The Labute approximate surface area is 167 Å². The van der Waals surface area contributed by atoms with Gasteiger partial charge in [0.1, 0.15) is 5.82 Å². The zero-order valence-corrected chi connectivity index (χ0v) is 17.2. The smallest absolute Gasteiger partial charge is 0.217 e. The Morgan fingerprint density at radius 2 is 1.57 bits per heavy atom. The fourth-order valence-corrected chi connectivity index (χ4v) is 3.92. The lowest BCUT2D eigenvalue weighted by atomic mass is 9.92. The lowest BCUT2D eigenvalue weighted by molar-refractivity contribution is -0.120. The molecule has 4 nitrogen and oxygen atoms in total. The monoisotopic (exact) mass is 383 g/mol. The maximum absolute atomic E-state index is 13.1. The van der Waals surface area contributed by atoms with Crippen LogP contribution >= 0.6 is 0 Å². The Kier molecular flexibility index (Phi) is 6.04. The van der Waals surface area contributed by atoms with Gasteiger partial charge in [0.25, 0.3) is 0 Å². The van der Waals surface area contributed by atoms with E-state index in [1.54, 1.807) is 6.92 Å². The highest BCUT2D eigenvalue weighted by molar-refractivity contribution is 5.74. The van der Waals surface area contributed by atoms with Crippen LogP contribution in [0.4, 0.5) is 10.1 Å². The van der Waals surface area contributed by atoms with E-state index in [4.69, 9.17) is 0 Å². The topological polar surface area (TPSA) is 35.6 Å². The summed E-state index contributed by atoms with van der Waals surface area (Å²) in [6, 6.07) is 15.6. The van der Waals surface area contributed by atoms with E-state index in [0.29, 0.717) is 6.04 Å². The van der Waals surface area contributed by atoms with E-state index in [1.807, 2.05) is 26.0 Å². The van der Waals surface area contributed by atoms with Crippen molar-refractivity contribution in [3.05, 3.63) is 65.5 Å². The molecule has 1 amide bonds. The Morgan fingerprint density at radius 1 is 1.00 bits per heavy atom. The largest absolute Gasteiger partial charge is 0.369 e. The molecule has 1 atom stereocenters. The van der Waals surface area contributed by atoms with E-state index in [-0.39, 0.29) is 17.3 Å². The highest BCUT2D eigenvalue weighted by Gasteiger charge is 2.24. The number of hydrogen-bond acceptors (Lipinski definition) is 3. The number of piperazine rings is 1. The standard InChI is InChI=1S/C23H30FN3O/c1-17(19-5-7-20(8-6-19)23(3,4)25-18(2)28)26-13-15-27(16-14-26)22-11-9-21(24)10-12-22/h5-12,17H,13-16H2,1-4H3,(H,25,28). The fourth-order valence-electron chi connectivity index (χ4n) is 3.92. The maximum Gasteiger partial charge on any atom is 0.217 e. The first-order chi connectivity index (χ1) is 13.3. The third kappa shape index (κ3) is 4.71. The number of carbonyl (C=O) groups is 1. The Hall–Kier alpha value is -2.40. The molecule has 1 aliphatic heterocycles. The van der Waals surface area contributed by atoms with Crippen LogP contribution in [0.25, 0.3) is 0 Å². The van der Waals surface area contributed by atoms with Gasteiger partial charge in [0.2, 0.25) is 5.91 Å². The van der Waals surface area contributed by atoms with Crippen molar-refractivity contribution in [1.29, 1.82) is 0 Å². The normalized spacial score (nSPS) is 16.7. The average Bonchev–Trinajstić information content (AvgIpc) is 2.67. The molecule has 28 heavy (non-hydrogen) atoms. The molecule has 0 bridgehead atoms. The van der Waals surface area contributed by atoms with Gasteiger partial charge < -0.3 is 10.2 Å². The van der Waals surface area contributed by atoms with Crippen molar-refractivity contribution >= 4 is 11.6 Å².